The van der Waals surface area contributed by atoms with E-state index < -0.39 is 0 Å². The number of hydrogen-bond donors (Lipinski definition) is 2. The van der Waals surface area contributed by atoms with Gasteiger partial charge in [-0.05, 0) is 39.1 Å². The van der Waals surface area contributed by atoms with Gasteiger partial charge in [0.25, 0.3) is 0 Å². The highest BCUT2D eigenvalue weighted by atomic mass is 16.3. The van der Waals surface area contributed by atoms with Gasteiger partial charge in [0.1, 0.15) is 0 Å². The first kappa shape index (κ1) is 14.3. The first-order valence-corrected chi connectivity index (χ1v) is 6.93. The molecule has 0 amide bonds. The van der Waals surface area contributed by atoms with Crippen molar-refractivity contribution in [3.8, 4) is 0 Å². The second-order valence-corrected chi connectivity index (χ2v) is 5.81. The van der Waals surface area contributed by atoms with Crippen molar-refractivity contribution in [1.82, 2.24) is 4.90 Å². The number of para-hydroxylation sites is 1. The lowest BCUT2D eigenvalue weighted by molar-refractivity contribution is 0.191. The summed E-state index contributed by atoms with van der Waals surface area (Å²) in [5, 5.41) is 9.98. The molecular formula is C15H25N3O. The van der Waals surface area contributed by atoms with Crippen molar-refractivity contribution in [2.24, 2.45) is 5.73 Å². The Hall–Kier alpha value is -1.10. The molecule has 4 nitrogen and oxygen atoms in total. The number of aliphatic hydroxyl groups is 1. The number of benzene rings is 1. The molecule has 0 radical (unpaired) electrons. The largest absolute Gasteiger partial charge is 0.391 e. The van der Waals surface area contributed by atoms with Crippen LogP contribution in [0.3, 0.4) is 0 Å². The number of anilines is 1. The average molecular weight is 263 g/mol. The molecule has 19 heavy (non-hydrogen) atoms. The van der Waals surface area contributed by atoms with Gasteiger partial charge in [0.2, 0.25) is 0 Å². The molecule has 1 aromatic rings. The van der Waals surface area contributed by atoms with E-state index in [2.05, 4.69) is 36.0 Å². The number of rotatable bonds is 4. The molecule has 0 spiro atoms. The molecule has 106 valence electrons. The Balaban J connectivity index is 2.28. The molecule has 4 heteroatoms. The molecule has 1 saturated heterocycles. The maximum Gasteiger partial charge on any atom is 0.0735 e. The lowest BCUT2D eigenvalue weighted by Crippen LogP contribution is -2.38. The van der Waals surface area contributed by atoms with Gasteiger partial charge in [-0.3, -0.25) is 0 Å². The van der Waals surface area contributed by atoms with Crippen LogP contribution in [0.5, 0.6) is 0 Å². The number of aliphatic hydroxyl groups excluding tert-OH is 1. The van der Waals surface area contributed by atoms with Gasteiger partial charge in [-0.25, -0.2) is 0 Å². The summed E-state index contributed by atoms with van der Waals surface area (Å²) in [5.74, 6) is 0. The van der Waals surface area contributed by atoms with Crippen LogP contribution in [0.15, 0.2) is 24.3 Å². The van der Waals surface area contributed by atoms with Crippen LogP contribution in [0.4, 0.5) is 5.69 Å². The Morgan fingerprint density at radius 1 is 1.42 bits per heavy atom. The Morgan fingerprint density at radius 2 is 2.11 bits per heavy atom. The normalized spacial score (nSPS) is 25.1. The van der Waals surface area contributed by atoms with Gasteiger partial charge in [-0.1, -0.05) is 18.2 Å². The second kappa shape index (κ2) is 5.90. The van der Waals surface area contributed by atoms with Crippen molar-refractivity contribution < 1.29 is 5.11 Å². The van der Waals surface area contributed by atoms with E-state index in [0.29, 0.717) is 12.6 Å². The molecule has 3 atom stereocenters. The zero-order valence-electron chi connectivity index (χ0n) is 12.1. The summed E-state index contributed by atoms with van der Waals surface area (Å²) in [7, 11) is 4.14. The third-order valence-corrected chi connectivity index (χ3v) is 3.71. The van der Waals surface area contributed by atoms with Crippen LogP contribution in [0, 0.1) is 0 Å². The highest BCUT2D eigenvalue weighted by Crippen LogP contribution is 2.31. The first-order valence-electron chi connectivity index (χ1n) is 6.93. The van der Waals surface area contributed by atoms with Crippen molar-refractivity contribution >= 4 is 5.69 Å². The Morgan fingerprint density at radius 3 is 2.74 bits per heavy atom. The van der Waals surface area contributed by atoms with Gasteiger partial charge >= 0.3 is 0 Å². The van der Waals surface area contributed by atoms with E-state index in [4.69, 9.17) is 5.73 Å². The SMILES string of the molecule is CC(N)c1ccccc1N1CC(O)CC1CN(C)C. The molecular weight excluding hydrogens is 238 g/mol. The molecule has 0 saturated carbocycles. The monoisotopic (exact) mass is 263 g/mol. The van der Waals surface area contributed by atoms with Crippen LogP contribution in [-0.2, 0) is 0 Å². The van der Waals surface area contributed by atoms with Gasteiger partial charge in [0.15, 0.2) is 0 Å². The highest BCUT2D eigenvalue weighted by Gasteiger charge is 2.32. The fraction of sp³-hybridized carbons (Fsp3) is 0.600. The zero-order chi connectivity index (χ0) is 14.0. The fourth-order valence-corrected chi connectivity index (χ4v) is 2.92. The highest BCUT2D eigenvalue weighted by molar-refractivity contribution is 5.56. The molecule has 3 N–H and O–H groups in total. The van der Waals surface area contributed by atoms with Crippen molar-refractivity contribution in [3.05, 3.63) is 29.8 Å². The predicted molar refractivity (Wildman–Crippen MR) is 79.4 cm³/mol. The van der Waals surface area contributed by atoms with Crippen molar-refractivity contribution in [3.63, 3.8) is 0 Å². The maximum atomic E-state index is 9.98. The van der Waals surface area contributed by atoms with Crippen LogP contribution in [0.25, 0.3) is 0 Å². The van der Waals surface area contributed by atoms with Gasteiger partial charge in [-0.15, -0.1) is 0 Å². The van der Waals surface area contributed by atoms with Gasteiger partial charge in [0, 0.05) is 30.9 Å². The van der Waals surface area contributed by atoms with Gasteiger partial charge < -0.3 is 20.6 Å². The Kier molecular flexibility index (Phi) is 4.45. The van der Waals surface area contributed by atoms with Crippen molar-refractivity contribution in [2.45, 2.75) is 31.5 Å². The number of likely N-dealkylation sites (N-methyl/N-ethyl adjacent to an activating group) is 1. The van der Waals surface area contributed by atoms with Crippen LogP contribution < -0.4 is 10.6 Å². The van der Waals surface area contributed by atoms with E-state index >= 15 is 0 Å². The smallest absolute Gasteiger partial charge is 0.0735 e. The quantitative estimate of drug-likeness (QED) is 0.857. The minimum atomic E-state index is -0.244. The van der Waals surface area contributed by atoms with E-state index in [1.54, 1.807) is 0 Å². The minimum absolute atomic E-state index is 0.00829. The number of β-amino-alcohol motifs (C(OH)–C–C–N with tert-alkyl or cyclic N) is 1. The van der Waals surface area contributed by atoms with E-state index in [1.807, 2.05) is 19.1 Å². The van der Waals surface area contributed by atoms with E-state index in [1.165, 1.54) is 5.69 Å². The zero-order valence-corrected chi connectivity index (χ0v) is 12.1. The van der Waals surface area contributed by atoms with E-state index in [0.717, 1.165) is 18.5 Å². The lowest BCUT2D eigenvalue weighted by atomic mass is 10.1. The van der Waals surface area contributed by atoms with Crippen molar-refractivity contribution in [1.29, 1.82) is 0 Å². The van der Waals surface area contributed by atoms with Crippen LogP contribution in [-0.4, -0.2) is 49.3 Å². The fourth-order valence-electron chi connectivity index (χ4n) is 2.92. The van der Waals surface area contributed by atoms with Gasteiger partial charge in [0.05, 0.1) is 6.10 Å². The summed E-state index contributed by atoms with van der Waals surface area (Å²) in [4.78, 5) is 4.48. The minimum Gasteiger partial charge on any atom is -0.391 e. The predicted octanol–water partition coefficient (Wildman–Crippen LogP) is 1.21. The summed E-state index contributed by atoms with van der Waals surface area (Å²) in [6.45, 7) is 3.65. The molecule has 0 aromatic heterocycles. The summed E-state index contributed by atoms with van der Waals surface area (Å²) in [6.07, 6.45) is 0.581. The summed E-state index contributed by atoms with van der Waals surface area (Å²) in [5.41, 5.74) is 8.38. The number of nitrogens with two attached hydrogens (primary N) is 1. The molecule has 0 aliphatic carbocycles. The van der Waals surface area contributed by atoms with E-state index in [9.17, 15) is 5.11 Å². The van der Waals surface area contributed by atoms with Crippen molar-refractivity contribution in [2.75, 3.05) is 32.1 Å². The standard InChI is InChI=1S/C15H25N3O/c1-11(16)14-6-4-5-7-15(14)18-10-13(19)8-12(18)9-17(2)3/h4-7,11-13,19H,8-10,16H2,1-3H3. The van der Waals surface area contributed by atoms with Crippen LogP contribution in [0.1, 0.15) is 24.9 Å². The molecule has 0 bridgehead atoms. The summed E-state index contributed by atoms with van der Waals surface area (Å²) < 4.78 is 0. The maximum absolute atomic E-state index is 9.98. The Bertz CT molecular complexity index is 420. The number of nitrogens with zero attached hydrogens (tertiary/aromatic N) is 2. The topological polar surface area (TPSA) is 52.7 Å². The molecule has 2 rings (SSSR count). The molecule has 3 unspecified atom stereocenters. The molecule has 1 aromatic carbocycles. The van der Waals surface area contributed by atoms with E-state index in [-0.39, 0.29) is 12.1 Å². The third-order valence-electron chi connectivity index (χ3n) is 3.71. The first-order chi connectivity index (χ1) is 8.99. The van der Waals surface area contributed by atoms with Gasteiger partial charge in [-0.2, -0.15) is 0 Å². The van der Waals surface area contributed by atoms with Crippen LogP contribution in [0.2, 0.25) is 0 Å². The Labute approximate surface area is 115 Å². The third kappa shape index (κ3) is 3.26. The molecule has 1 fully saturated rings. The molecule has 1 heterocycles. The second-order valence-electron chi connectivity index (χ2n) is 5.81. The summed E-state index contributed by atoms with van der Waals surface area (Å²) >= 11 is 0. The average Bonchev–Trinajstić information content (AvgIpc) is 2.69. The number of hydrogen-bond acceptors (Lipinski definition) is 4. The molecule has 1 aliphatic heterocycles. The van der Waals surface area contributed by atoms with Crippen LogP contribution >= 0.6 is 0 Å². The lowest BCUT2D eigenvalue weighted by Gasteiger charge is -2.31. The summed E-state index contributed by atoms with van der Waals surface area (Å²) in [6, 6.07) is 8.62. The molecule has 1 aliphatic rings.